The second-order valence-electron chi connectivity index (χ2n) is 5.28. The lowest BCUT2D eigenvalue weighted by Crippen LogP contribution is -2.46. The third kappa shape index (κ3) is 4.73. The zero-order valence-electron chi connectivity index (χ0n) is 12.7. The van der Waals surface area contributed by atoms with Crippen LogP contribution in [0.2, 0.25) is 0 Å². The Hall–Kier alpha value is -2.08. The van der Waals surface area contributed by atoms with Gasteiger partial charge in [0.15, 0.2) is 0 Å². The van der Waals surface area contributed by atoms with Crippen molar-refractivity contribution < 1.29 is 24.2 Å². The number of morpholine rings is 1. The van der Waals surface area contributed by atoms with Gasteiger partial charge in [-0.2, -0.15) is 0 Å². The molecular weight excluding hydrogens is 286 g/mol. The number of benzene rings is 1. The third-order valence-electron chi connectivity index (χ3n) is 3.66. The molecule has 1 fully saturated rings. The largest absolute Gasteiger partial charge is 0.497 e. The van der Waals surface area contributed by atoms with Crippen LogP contribution in [0.5, 0.6) is 5.75 Å². The van der Waals surface area contributed by atoms with Crippen LogP contribution in [0, 0.1) is 0 Å². The first-order valence-corrected chi connectivity index (χ1v) is 7.32. The number of carbonyl (C=O) groups excluding carboxylic acids is 1. The molecule has 0 spiro atoms. The normalized spacial score (nSPS) is 18.0. The van der Waals surface area contributed by atoms with Crippen LogP contribution in [0.1, 0.15) is 18.4 Å². The molecular formula is C16H21NO5. The number of nitrogens with zero attached hydrogens (tertiary/aromatic N) is 1. The van der Waals surface area contributed by atoms with Gasteiger partial charge < -0.3 is 19.5 Å². The van der Waals surface area contributed by atoms with Gasteiger partial charge in [0.2, 0.25) is 5.91 Å². The van der Waals surface area contributed by atoms with Crippen molar-refractivity contribution in [2.75, 3.05) is 26.8 Å². The van der Waals surface area contributed by atoms with Crippen LogP contribution < -0.4 is 4.74 Å². The van der Waals surface area contributed by atoms with Crippen LogP contribution in [0.15, 0.2) is 24.3 Å². The summed E-state index contributed by atoms with van der Waals surface area (Å²) in [6.07, 6.45) is 0.552. The van der Waals surface area contributed by atoms with Crippen LogP contribution in [0.25, 0.3) is 0 Å². The molecule has 2 rings (SSSR count). The highest BCUT2D eigenvalue weighted by Gasteiger charge is 2.25. The number of ether oxygens (including phenoxy) is 2. The molecule has 1 amide bonds. The molecule has 120 valence electrons. The van der Waals surface area contributed by atoms with E-state index in [1.165, 1.54) is 0 Å². The fourth-order valence-corrected chi connectivity index (χ4v) is 2.50. The zero-order chi connectivity index (χ0) is 15.9. The van der Waals surface area contributed by atoms with E-state index < -0.39 is 12.1 Å². The van der Waals surface area contributed by atoms with Crippen LogP contribution >= 0.6 is 0 Å². The Balaban J connectivity index is 1.84. The van der Waals surface area contributed by atoms with Gasteiger partial charge in [-0.15, -0.1) is 0 Å². The van der Waals surface area contributed by atoms with Crippen molar-refractivity contribution in [2.24, 2.45) is 0 Å². The monoisotopic (exact) mass is 307 g/mol. The van der Waals surface area contributed by atoms with Crippen LogP contribution in [0.3, 0.4) is 0 Å². The minimum Gasteiger partial charge on any atom is -0.497 e. The van der Waals surface area contributed by atoms with E-state index in [0.717, 1.165) is 11.3 Å². The molecule has 22 heavy (non-hydrogen) atoms. The molecule has 0 bridgehead atoms. The summed E-state index contributed by atoms with van der Waals surface area (Å²) in [5.74, 6) is -0.102. The van der Waals surface area contributed by atoms with E-state index in [1.807, 2.05) is 24.3 Å². The number of aryl methyl sites for hydroxylation is 1. The van der Waals surface area contributed by atoms with Gasteiger partial charge in [0.1, 0.15) is 5.75 Å². The number of hydrogen-bond donors (Lipinski definition) is 1. The number of carbonyl (C=O) groups is 2. The average Bonchev–Trinajstić information content (AvgIpc) is 2.52. The van der Waals surface area contributed by atoms with E-state index in [9.17, 15) is 9.59 Å². The average molecular weight is 307 g/mol. The molecule has 6 heteroatoms. The molecule has 1 aliphatic heterocycles. The number of rotatable bonds is 6. The topological polar surface area (TPSA) is 76.1 Å². The molecule has 1 unspecified atom stereocenters. The molecule has 1 aromatic carbocycles. The number of methoxy groups -OCH3 is 1. The SMILES string of the molecule is COc1cccc(CCC(=O)N2CCOC(CC(=O)O)C2)c1. The summed E-state index contributed by atoms with van der Waals surface area (Å²) in [6, 6.07) is 7.64. The van der Waals surface area contributed by atoms with Gasteiger partial charge in [-0.05, 0) is 24.1 Å². The van der Waals surface area contributed by atoms with Crippen molar-refractivity contribution in [2.45, 2.75) is 25.4 Å². The van der Waals surface area contributed by atoms with E-state index >= 15 is 0 Å². The maximum atomic E-state index is 12.2. The summed E-state index contributed by atoms with van der Waals surface area (Å²) in [5.41, 5.74) is 1.04. The Kier molecular flexibility index (Phi) is 5.77. The Morgan fingerprint density at radius 1 is 1.45 bits per heavy atom. The van der Waals surface area contributed by atoms with Crippen LogP contribution in [-0.2, 0) is 20.7 Å². The fourth-order valence-electron chi connectivity index (χ4n) is 2.50. The Labute approximate surface area is 129 Å². The quantitative estimate of drug-likeness (QED) is 0.858. The molecule has 0 saturated carbocycles. The summed E-state index contributed by atoms with van der Waals surface area (Å²) in [7, 11) is 1.61. The number of carboxylic acid groups (broad SMARTS) is 1. The fraction of sp³-hybridized carbons (Fsp3) is 0.500. The standard InChI is InChI=1S/C16H21NO5/c1-21-13-4-2-3-12(9-13)5-6-15(18)17-7-8-22-14(11-17)10-16(19)20/h2-4,9,14H,5-8,10-11H2,1H3,(H,19,20). The lowest BCUT2D eigenvalue weighted by molar-refractivity contribution is -0.147. The second-order valence-corrected chi connectivity index (χ2v) is 5.28. The number of amides is 1. The molecule has 0 radical (unpaired) electrons. The molecule has 1 atom stereocenters. The predicted molar refractivity (Wildman–Crippen MR) is 79.9 cm³/mol. The van der Waals surface area contributed by atoms with E-state index in [0.29, 0.717) is 32.5 Å². The van der Waals surface area contributed by atoms with Gasteiger partial charge in [-0.3, -0.25) is 9.59 Å². The maximum absolute atomic E-state index is 12.2. The molecule has 6 nitrogen and oxygen atoms in total. The molecule has 0 aliphatic carbocycles. The van der Waals surface area contributed by atoms with Crippen molar-refractivity contribution in [1.82, 2.24) is 4.90 Å². The number of hydrogen-bond acceptors (Lipinski definition) is 4. The smallest absolute Gasteiger partial charge is 0.306 e. The highest BCUT2D eigenvalue weighted by Crippen LogP contribution is 2.15. The Morgan fingerprint density at radius 3 is 3.00 bits per heavy atom. The number of aliphatic carboxylic acids is 1. The number of carboxylic acids is 1. The first-order valence-electron chi connectivity index (χ1n) is 7.32. The summed E-state index contributed by atoms with van der Waals surface area (Å²) in [5, 5.41) is 8.80. The van der Waals surface area contributed by atoms with E-state index in [4.69, 9.17) is 14.6 Å². The molecule has 1 saturated heterocycles. The lowest BCUT2D eigenvalue weighted by Gasteiger charge is -2.32. The highest BCUT2D eigenvalue weighted by atomic mass is 16.5. The van der Waals surface area contributed by atoms with Crippen molar-refractivity contribution in [3.63, 3.8) is 0 Å². The summed E-state index contributed by atoms with van der Waals surface area (Å²) >= 11 is 0. The maximum Gasteiger partial charge on any atom is 0.306 e. The first-order chi connectivity index (χ1) is 10.6. The predicted octanol–water partition coefficient (Wildman–Crippen LogP) is 1.33. The van der Waals surface area contributed by atoms with E-state index in [-0.39, 0.29) is 12.3 Å². The minimum atomic E-state index is -0.907. The van der Waals surface area contributed by atoms with Gasteiger partial charge >= 0.3 is 5.97 Å². The second kappa shape index (κ2) is 7.79. The molecule has 1 aromatic rings. The van der Waals surface area contributed by atoms with Crippen molar-refractivity contribution in [3.8, 4) is 5.75 Å². The molecule has 0 aromatic heterocycles. The zero-order valence-corrected chi connectivity index (χ0v) is 12.7. The summed E-state index contributed by atoms with van der Waals surface area (Å²) in [4.78, 5) is 24.7. The van der Waals surface area contributed by atoms with E-state index in [1.54, 1.807) is 12.0 Å². The third-order valence-corrected chi connectivity index (χ3v) is 3.66. The van der Waals surface area contributed by atoms with Gasteiger partial charge in [0.25, 0.3) is 0 Å². The molecule has 1 N–H and O–H groups in total. The minimum absolute atomic E-state index is 0.0292. The van der Waals surface area contributed by atoms with Crippen molar-refractivity contribution in [1.29, 1.82) is 0 Å². The van der Waals surface area contributed by atoms with Gasteiger partial charge in [0.05, 0.1) is 26.2 Å². The lowest BCUT2D eigenvalue weighted by atomic mass is 10.1. The van der Waals surface area contributed by atoms with Crippen molar-refractivity contribution in [3.05, 3.63) is 29.8 Å². The van der Waals surface area contributed by atoms with Crippen LogP contribution in [-0.4, -0.2) is 54.8 Å². The first kappa shape index (κ1) is 16.3. The van der Waals surface area contributed by atoms with Gasteiger partial charge in [-0.25, -0.2) is 0 Å². The summed E-state index contributed by atoms with van der Waals surface area (Å²) < 4.78 is 10.5. The van der Waals surface area contributed by atoms with Crippen molar-refractivity contribution >= 4 is 11.9 Å². The van der Waals surface area contributed by atoms with Gasteiger partial charge in [-0.1, -0.05) is 12.1 Å². The Morgan fingerprint density at radius 2 is 2.27 bits per heavy atom. The van der Waals surface area contributed by atoms with Gasteiger partial charge in [0, 0.05) is 19.5 Å². The molecule has 1 aliphatic rings. The van der Waals surface area contributed by atoms with E-state index in [2.05, 4.69) is 0 Å². The Bertz CT molecular complexity index is 531. The summed E-state index contributed by atoms with van der Waals surface area (Å²) in [6.45, 7) is 1.26. The molecule has 1 heterocycles. The van der Waals surface area contributed by atoms with Crippen LogP contribution in [0.4, 0.5) is 0 Å². The highest BCUT2D eigenvalue weighted by molar-refractivity contribution is 5.76.